The van der Waals surface area contributed by atoms with E-state index in [1.165, 1.54) is 19.2 Å². The first-order valence-electron chi connectivity index (χ1n) is 9.28. The summed E-state index contributed by atoms with van der Waals surface area (Å²) in [5.41, 5.74) is 8.15. The number of hydrogen-bond donors (Lipinski definition) is 2. The van der Waals surface area contributed by atoms with Gasteiger partial charge in [0.25, 0.3) is 0 Å². The van der Waals surface area contributed by atoms with Gasteiger partial charge < -0.3 is 20.3 Å². The highest BCUT2D eigenvalue weighted by Crippen LogP contribution is 2.23. The molecule has 0 radical (unpaired) electrons. The topological polar surface area (TPSA) is 95.4 Å². The lowest BCUT2D eigenvalue weighted by Gasteiger charge is -2.16. The lowest BCUT2D eigenvalue weighted by molar-refractivity contribution is 0.0310. The second-order valence-corrected chi connectivity index (χ2v) is 7.07. The zero-order chi connectivity index (χ0) is 21.0. The van der Waals surface area contributed by atoms with Crippen LogP contribution in [0.25, 0.3) is 10.9 Å². The second kappa shape index (κ2) is 9.49. The summed E-state index contributed by atoms with van der Waals surface area (Å²) >= 11 is 6.09. The number of halogens is 2. The molecular formula is C20H24ClFN4O3. The summed E-state index contributed by atoms with van der Waals surface area (Å²) in [5.74, 6) is -0.326. The maximum atomic E-state index is 13.8. The number of aryl methyl sites for hydroxylation is 1. The molecule has 9 heteroatoms. The lowest BCUT2D eigenvalue weighted by atomic mass is 10.1. The summed E-state index contributed by atoms with van der Waals surface area (Å²) in [6.07, 6.45) is 1.19. The molecule has 0 saturated carbocycles. The number of aliphatic hydroxyl groups excluding tert-OH is 1. The molecule has 0 aliphatic carbocycles. The zero-order valence-electron chi connectivity index (χ0n) is 16.3. The number of fused-ring (bicyclic) bond motifs is 1. The van der Waals surface area contributed by atoms with E-state index in [-0.39, 0.29) is 25.4 Å². The summed E-state index contributed by atoms with van der Waals surface area (Å²) in [4.78, 5) is 4.35. The molecule has 0 aliphatic heterocycles. The van der Waals surface area contributed by atoms with Crippen LogP contribution in [0.1, 0.15) is 24.2 Å². The van der Waals surface area contributed by atoms with Crippen LogP contribution >= 0.6 is 11.6 Å². The molecule has 7 nitrogen and oxygen atoms in total. The van der Waals surface area contributed by atoms with E-state index in [0.717, 1.165) is 10.9 Å². The number of nitrogens with zero attached hydrogens (tertiary/aromatic N) is 3. The van der Waals surface area contributed by atoms with Crippen LogP contribution in [-0.2, 0) is 17.7 Å². The van der Waals surface area contributed by atoms with Crippen LogP contribution in [0, 0.1) is 5.82 Å². The summed E-state index contributed by atoms with van der Waals surface area (Å²) in [7, 11) is 1.40. The Morgan fingerprint density at radius 3 is 2.79 bits per heavy atom. The van der Waals surface area contributed by atoms with E-state index in [9.17, 15) is 9.50 Å². The Morgan fingerprint density at radius 2 is 2.10 bits per heavy atom. The van der Waals surface area contributed by atoms with E-state index in [4.69, 9.17) is 26.8 Å². The predicted octanol–water partition coefficient (Wildman–Crippen LogP) is 2.87. The fourth-order valence-corrected chi connectivity index (χ4v) is 3.39. The quantitative estimate of drug-likeness (QED) is 0.515. The molecule has 3 aromatic rings. The smallest absolute Gasteiger partial charge is 0.165 e. The van der Waals surface area contributed by atoms with Crippen LogP contribution in [0.4, 0.5) is 4.39 Å². The fourth-order valence-electron chi connectivity index (χ4n) is 3.17. The second-order valence-electron chi connectivity index (χ2n) is 6.69. The highest BCUT2D eigenvalue weighted by Gasteiger charge is 2.16. The minimum absolute atomic E-state index is 0.0578. The zero-order valence-corrected chi connectivity index (χ0v) is 17.1. The molecule has 3 N–H and O–H groups in total. The van der Waals surface area contributed by atoms with Gasteiger partial charge in [-0.1, -0.05) is 17.7 Å². The number of methoxy groups -OCH3 is 1. The maximum absolute atomic E-state index is 13.8. The van der Waals surface area contributed by atoms with Crippen molar-refractivity contribution in [2.45, 2.75) is 32.0 Å². The van der Waals surface area contributed by atoms with E-state index in [0.29, 0.717) is 23.0 Å². The van der Waals surface area contributed by atoms with Crippen molar-refractivity contribution in [2.75, 3.05) is 20.3 Å². The number of ether oxygens (including phenoxy) is 2. The third-order valence-electron chi connectivity index (χ3n) is 4.60. The third-order valence-corrected chi connectivity index (χ3v) is 4.79. The van der Waals surface area contributed by atoms with Gasteiger partial charge in [-0.05, 0) is 30.7 Å². The van der Waals surface area contributed by atoms with Gasteiger partial charge in [-0.15, -0.1) is 0 Å². The molecule has 3 rings (SSSR count). The fraction of sp³-hybridized carbons (Fsp3) is 0.400. The minimum atomic E-state index is -0.802. The normalized spacial score (nSPS) is 13.6. The van der Waals surface area contributed by atoms with Crippen LogP contribution < -0.4 is 10.5 Å². The Morgan fingerprint density at radius 1 is 1.31 bits per heavy atom. The largest absolute Gasteiger partial charge is 0.494 e. The standard InChI is InChI=1S/C20H24ClFN4O3/c1-3-26-20-13(9-24-26)7-19(21)25-17(20)8-14(27)10-29-11-16(23)12-4-5-18(28-2)15(22)6-12/h4-7,9,14,16,27H,3,8,10-11,23H2,1-2H3/t14?,16-/m1/s1. The molecule has 2 atom stereocenters. The van der Waals surface area contributed by atoms with Crippen molar-refractivity contribution >= 4 is 22.5 Å². The van der Waals surface area contributed by atoms with E-state index >= 15 is 0 Å². The van der Waals surface area contributed by atoms with E-state index in [1.54, 1.807) is 18.3 Å². The van der Waals surface area contributed by atoms with Crippen LogP contribution in [0.5, 0.6) is 5.75 Å². The molecule has 2 heterocycles. The Hall–Kier alpha value is -2.26. The van der Waals surface area contributed by atoms with Crippen molar-refractivity contribution in [3.63, 3.8) is 0 Å². The van der Waals surface area contributed by atoms with Gasteiger partial charge in [0.15, 0.2) is 11.6 Å². The molecule has 0 amide bonds. The Kier molecular flexibility index (Phi) is 7.02. The summed E-state index contributed by atoms with van der Waals surface area (Å²) in [6.45, 7) is 2.85. The molecule has 0 spiro atoms. The highest BCUT2D eigenvalue weighted by atomic mass is 35.5. The van der Waals surface area contributed by atoms with Crippen LogP contribution in [0.3, 0.4) is 0 Å². The average Bonchev–Trinajstić information content (AvgIpc) is 3.10. The Balaban J connectivity index is 1.59. The molecule has 156 valence electrons. The molecule has 1 aromatic carbocycles. The molecule has 0 fully saturated rings. The number of pyridine rings is 1. The number of nitrogens with two attached hydrogens (primary N) is 1. The number of hydrogen-bond acceptors (Lipinski definition) is 6. The summed E-state index contributed by atoms with van der Waals surface area (Å²) < 4.78 is 26.1. The molecular weight excluding hydrogens is 399 g/mol. The van der Waals surface area contributed by atoms with Gasteiger partial charge in [0.2, 0.25) is 0 Å². The first-order chi connectivity index (χ1) is 13.9. The van der Waals surface area contributed by atoms with Crippen molar-refractivity contribution in [2.24, 2.45) is 5.73 Å². The monoisotopic (exact) mass is 422 g/mol. The number of rotatable bonds is 9. The predicted molar refractivity (Wildman–Crippen MR) is 109 cm³/mol. The Labute approximate surface area is 173 Å². The third kappa shape index (κ3) is 5.02. The van der Waals surface area contributed by atoms with Gasteiger partial charge >= 0.3 is 0 Å². The van der Waals surface area contributed by atoms with Gasteiger partial charge in [-0.25, -0.2) is 9.37 Å². The van der Waals surface area contributed by atoms with Crippen molar-refractivity contribution in [3.8, 4) is 5.75 Å². The van der Waals surface area contributed by atoms with Crippen LogP contribution in [0.15, 0.2) is 30.5 Å². The van der Waals surface area contributed by atoms with Crippen LogP contribution in [-0.4, -0.2) is 46.3 Å². The van der Waals surface area contributed by atoms with Crippen molar-refractivity contribution in [1.29, 1.82) is 0 Å². The molecule has 0 aliphatic rings. The first kappa shape index (κ1) is 21.4. The molecule has 29 heavy (non-hydrogen) atoms. The minimum Gasteiger partial charge on any atom is -0.494 e. The van der Waals surface area contributed by atoms with Gasteiger partial charge in [0.05, 0.1) is 49.9 Å². The van der Waals surface area contributed by atoms with Gasteiger partial charge in [0, 0.05) is 18.4 Å². The van der Waals surface area contributed by atoms with Crippen molar-refractivity contribution in [1.82, 2.24) is 14.8 Å². The molecule has 2 aromatic heterocycles. The molecule has 1 unspecified atom stereocenters. The lowest BCUT2D eigenvalue weighted by Crippen LogP contribution is -2.24. The van der Waals surface area contributed by atoms with Gasteiger partial charge in [-0.3, -0.25) is 4.68 Å². The number of benzene rings is 1. The SMILES string of the molecule is CCn1ncc2cc(Cl)nc(CC(O)COC[C@@H](N)c3ccc(OC)c(F)c3)c21. The highest BCUT2D eigenvalue weighted by molar-refractivity contribution is 6.30. The van der Waals surface area contributed by atoms with Crippen LogP contribution in [0.2, 0.25) is 5.15 Å². The van der Waals surface area contributed by atoms with Gasteiger partial charge in [0.1, 0.15) is 5.15 Å². The first-order valence-corrected chi connectivity index (χ1v) is 9.66. The molecule has 0 saturated heterocycles. The Bertz CT molecular complexity index is 982. The van der Waals surface area contributed by atoms with Gasteiger partial charge in [-0.2, -0.15) is 5.10 Å². The maximum Gasteiger partial charge on any atom is 0.165 e. The number of aliphatic hydroxyl groups is 1. The summed E-state index contributed by atoms with van der Waals surface area (Å²) in [5, 5.41) is 15.9. The van der Waals surface area contributed by atoms with E-state index in [2.05, 4.69) is 10.1 Å². The van der Waals surface area contributed by atoms with E-state index in [1.807, 2.05) is 11.6 Å². The molecule has 0 bridgehead atoms. The summed E-state index contributed by atoms with van der Waals surface area (Å²) in [6, 6.07) is 5.74. The number of aromatic nitrogens is 3. The van der Waals surface area contributed by atoms with E-state index < -0.39 is 18.0 Å². The van der Waals surface area contributed by atoms with Crippen molar-refractivity contribution in [3.05, 3.63) is 52.7 Å². The van der Waals surface area contributed by atoms with Crippen molar-refractivity contribution < 1.29 is 19.0 Å². The average molecular weight is 423 g/mol.